The lowest BCUT2D eigenvalue weighted by atomic mass is 9.96. The van der Waals surface area contributed by atoms with Crippen LogP contribution in [0.4, 0.5) is 0 Å². The Balaban J connectivity index is 1.44. The molecular weight excluding hydrogens is 278 g/mol. The molecule has 2 aliphatic rings. The van der Waals surface area contributed by atoms with E-state index in [1.54, 1.807) is 0 Å². The van der Waals surface area contributed by atoms with E-state index in [-0.39, 0.29) is 0 Å². The van der Waals surface area contributed by atoms with Crippen molar-refractivity contribution in [1.29, 1.82) is 0 Å². The zero-order chi connectivity index (χ0) is 15.6. The molecule has 2 aliphatic heterocycles. The zero-order valence-corrected chi connectivity index (χ0v) is 13.9. The fraction of sp³-hybridized carbons (Fsp3) is 0.875. The Labute approximate surface area is 133 Å². The molecule has 0 saturated carbocycles. The largest absolute Gasteiger partial charge is 0.338 e. The summed E-state index contributed by atoms with van der Waals surface area (Å²) >= 11 is 0. The van der Waals surface area contributed by atoms with Crippen molar-refractivity contribution in [3.63, 3.8) is 0 Å². The van der Waals surface area contributed by atoms with Crippen molar-refractivity contribution in [3.05, 3.63) is 11.7 Å². The summed E-state index contributed by atoms with van der Waals surface area (Å²) in [6.07, 6.45) is 5.32. The van der Waals surface area contributed by atoms with Gasteiger partial charge in [0.05, 0.1) is 12.1 Å². The number of nitrogens with two attached hydrogens (primary N) is 1. The number of likely N-dealkylation sites (tertiary alicyclic amines) is 2. The zero-order valence-electron chi connectivity index (χ0n) is 13.9. The van der Waals surface area contributed by atoms with Gasteiger partial charge < -0.3 is 15.2 Å². The van der Waals surface area contributed by atoms with Crippen LogP contribution in [0.15, 0.2) is 4.52 Å². The normalized spacial score (nSPS) is 22.5. The van der Waals surface area contributed by atoms with Crippen LogP contribution in [-0.4, -0.2) is 52.7 Å². The number of nitrogens with zero attached hydrogens (tertiary/aromatic N) is 4. The second kappa shape index (κ2) is 6.64. The summed E-state index contributed by atoms with van der Waals surface area (Å²) in [4.78, 5) is 9.48. The van der Waals surface area contributed by atoms with E-state index in [1.807, 2.05) is 13.8 Å². The van der Waals surface area contributed by atoms with Gasteiger partial charge >= 0.3 is 0 Å². The molecule has 2 saturated heterocycles. The topological polar surface area (TPSA) is 71.4 Å². The van der Waals surface area contributed by atoms with Gasteiger partial charge in [0.1, 0.15) is 0 Å². The summed E-state index contributed by atoms with van der Waals surface area (Å²) in [6.45, 7) is 10.7. The Morgan fingerprint density at radius 1 is 1.14 bits per heavy atom. The molecule has 6 nitrogen and oxygen atoms in total. The molecule has 0 aliphatic carbocycles. The van der Waals surface area contributed by atoms with Crippen molar-refractivity contribution >= 4 is 0 Å². The van der Waals surface area contributed by atoms with Crippen LogP contribution in [0.1, 0.15) is 51.2 Å². The van der Waals surface area contributed by atoms with Crippen LogP contribution >= 0.6 is 0 Å². The van der Waals surface area contributed by atoms with Gasteiger partial charge in [-0.15, -0.1) is 0 Å². The maximum absolute atomic E-state index is 6.00. The second-order valence-corrected chi connectivity index (χ2v) is 7.46. The predicted octanol–water partition coefficient (Wildman–Crippen LogP) is 1.57. The summed E-state index contributed by atoms with van der Waals surface area (Å²) in [6, 6.07) is 0. The Kier molecular flexibility index (Phi) is 4.80. The van der Waals surface area contributed by atoms with E-state index in [0.717, 1.165) is 25.6 Å². The minimum atomic E-state index is -0.537. The SMILES string of the molecule is CC(C)(N)c1noc(CN2CCC(CN3CCCC3)CC2)n1. The first-order chi connectivity index (χ1) is 10.5. The predicted molar refractivity (Wildman–Crippen MR) is 85.2 cm³/mol. The Morgan fingerprint density at radius 3 is 2.41 bits per heavy atom. The third-order valence-electron chi connectivity index (χ3n) is 4.83. The minimum Gasteiger partial charge on any atom is -0.338 e. The third-order valence-corrected chi connectivity index (χ3v) is 4.83. The van der Waals surface area contributed by atoms with Crippen LogP contribution in [0.2, 0.25) is 0 Å². The van der Waals surface area contributed by atoms with Crippen molar-refractivity contribution < 1.29 is 4.52 Å². The lowest BCUT2D eigenvalue weighted by molar-refractivity contribution is 0.137. The van der Waals surface area contributed by atoms with Gasteiger partial charge in [0.15, 0.2) is 5.82 Å². The van der Waals surface area contributed by atoms with Crippen LogP contribution in [0, 0.1) is 5.92 Å². The molecule has 124 valence electrons. The molecule has 0 atom stereocenters. The van der Waals surface area contributed by atoms with Crippen molar-refractivity contribution in [2.24, 2.45) is 11.7 Å². The number of aromatic nitrogens is 2. The summed E-state index contributed by atoms with van der Waals surface area (Å²) in [5, 5.41) is 3.99. The molecule has 6 heteroatoms. The first-order valence-corrected chi connectivity index (χ1v) is 8.57. The van der Waals surface area contributed by atoms with Crippen molar-refractivity contribution in [2.75, 3.05) is 32.7 Å². The molecule has 0 radical (unpaired) electrons. The van der Waals surface area contributed by atoms with Crippen LogP contribution in [0.5, 0.6) is 0 Å². The fourth-order valence-electron chi connectivity index (χ4n) is 3.43. The highest BCUT2D eigenvalue weighted by Crippen LogP contribution is 2.22. The quantitative estimate of drug-likeness (QED) is 0.890. The molecule has 3 rings (SSSR count). The Bertz CT molecular complexity index is 467. The van der Waals surface area contributed by atoms with Crippen LogP contribution in [0.25, 0.3) is 0 Å². The van der Waals surface area contributed by atoms with Crippen molar-refractivity contribution in [3.8, 4) is 0 Å². The standard InChI is InChI=1S/C16H29N5O/c1-16(2,17)15-18-14(22-19-15)12-21-9-5-13(6-10-21)11-20-7-3-4-8-20/h13H,3-12,17H2,1-2H3. The van der Waals surface area contributed by atoms with E-state index in [4.69, 9.17) is 10.3 Å². The third kappa shape index (κ3) is 4.06. The summed E-state index contributed by atoms with van der Waals surface area (Å²) < 4.78 is 5.34. The van der Waals surface area contributed by atoms with E-state index in [9.17, 15) is 0 Å². The molecule has 0 amide bonds. The smallest absolute Gasteiger partial charge is 0.240 e. The molecular formula is C16H29N5O. The van der Waals surface area contributed by atoms with Gasteiger partial charge in [-0.25, -0.2) is 0 Å². The molecule has 0 spiro atoms. The van der Waals surface area contributed by atoms with Gasteiger partial charge in [0.2, 0.25) is 5.89 Å². The van der Waals surface area contributed by atoms with Crippen LogP contribution in [-0.2, 0) is 12.1 Å². The van der Waals surface area contributed by atoms with Gasteiger partial charge in [-0.2, -0.15) is 4.98 Å². The van der Waals surface area contributed by atoms with E-state index in [1.165, 1.54) is 45.3 Å². The van der Waals surface area contributed by atoms with Gasteiger partial charge in [-0.05, 0) is 71.6 Å². The average Bonchev–Trinajstić information content (AvgIpc) is 3.12. The lowest BCUT2D eigenvalue weighted by Gasteiger charge is -2.33. The molecule has 3 heterocycles. The summed E-state index contributed by atoms with van der Waals surface area (Å²) in [5.74, 6) is 2.13. The van der Waals surface area contributed by atoms with E-state index < -0.39 is 5.54 Å². The maximum Gasteiger partial charge on any atom is 0.240 e. The Hall–Kier alpha value is -0.980. The molecule has 1 aromatic rings. The minimum absolute atomic E-state index is 0.537. The van der Waals surface area contributed by atoms with Crippen LogP contribution in [0.3, 0.4) is 0 Å². The van der Waals surface area contributed by atoms with Crippen molar-refractivity contribution in [1.82, 2.24) is 19.9 Å². The van der Waals surface area contributed by atoms with E-state index in [0.29, 0.717) is 11.7 Å². The van der Waals surface area contributed by atoms with E-state index >= 15 is 0 Å². The first kappa shape index (κ1) is 15.9. The maximum atomic E-state index is 6.00. The average molecular weight is 307 g/mol. The second-order valence-electron chi connectivity index (χ2n) is 7.46. The first-order valence-electron chi connectivity index (χ1n) is 8.57. The highest BCUT2D eigenvalue weighted by Gasteiger charge is 2.25. The molecule has 0 aromatic carbocycles. The number of hydrogen-bond acceptors (Lipinski definition) is 6. The number of piperidine rings is 1. The molecule has 2 fully saturated rings. The van der Waals surface area contributed by atoms with Gasteiger partial charge in [0.25, 0.3) is 0 Å². The monoisotopic (exact) mass is 307 g/mol. The number of rotatable bonds is 5. The van der Waals surface area contributed by atoms with Crippen LogP contribution < -0.4 is 5.73 Å². The molecule has 1 aromatic heterocycles. The number of hydrogen-bond donors (Lipinski definition) is 1. The molecule has 0 bridgehead atoms. The van der Waals surface area contributed by atoms with Gasteiger partial charge in [0, 0.05) is 6.54 Å². The fourth-order valence-corrected chi connectivity index (χ4v) is 3.43. The summed E-state index contributed by atoms with van der Waals surface area (Å²) in [7, 11) is 0. The summed E-state index contributed by atoms with van der Waals surface area (Å²) in [5.41, 5.74) is 5.46. The van der Waals surface area contributed by atoms with Crippen molar-refractivity contribution in [2.45, 2.75) is 51.6 Å². The highest BCUT2D eigenvalue weighted by atomic mass is 16.5. The molecule has 22 heavy (non-hydrogen) atoms. The van der Waals surface area contributed by atoms with Gasteiger partial charge in [-0.3, -0.25) is 4.90 Å². The molecule has 0 unspecified atom stereocenters. The van der Waals surface area contributed by atoms with E-state index in [2.05, 4.69) is 19.9 Å². The molecule has 2 N–H and O–H groups in total. The highest BCUT2D eigenvalue weighted by molar-refractivity contribution is 4.99. The van der Waals surface area contributed by atoms with Gasteiger partial charge in [-0.1, -0.05) is 5.16 Å². The lowest BCUT2D eigenvalue weighted by Crippen LogP contribution is -2.37. The Morgan fingerprint density at radius 2 is 1.82 bits per heavy atom.